The van der Waals surface area contributed by atoms with Gasteiger partial charge in [-0.15, -0.1) is 11.3 Å². The summed E-state index contributed by atoms with van der Waals surface area (Å²) in [5.74, 6) is 0.702. The average molecular weight is 692 g/mol. The summed E-state index contributed by atoms with van der Waals surface area (Å²) in [7, 11) is 0. The van der Waals surface area contributed by atoms with Gasteiger partial charge in [0.2, 0.25) is 0 Å². The number of benzene rings is 8. The second-order valence-electron chi connectivity index (χ2n) is 13.5. The fourth-order valence-electron chi connectivity index (χ4n) is 7.99. The van der Waals surface area contributed by atoms with E-state index in [-0.39, 0.29) is 0 Å². The van der Waals surface area contributed by atoms with Crippen LogP contribution in [0.25, 0.3) is 109 Å². The molecule has 11 aromatic rings. The molecule has 3 nitrogen and oxygen atoms in total. The molecular weight excluding hydrogens is 663 g/mol. The highest BCUT2D eigenvalue weighted by molar-refractivity contribution is 7.26. The minimum atomic E-state index is 0.702. The molecule has 0 bridgehead atoms. The predicted molar refractivity (Wildman–Crippen MR) is 224 cm³/mol. The summed E-state index contributed by atoms with van der Waals surface area (Å²) in [6, 6.07) is 62.5. The summed E-state index contributed by atoms with van der Waals surface area (Å²) >= 11 is 1.82. The van der Waals surface area contributed by atoms with Gasteiger partial charge in [0, 0.05) is 37.7 Å². The monoisotopic (exact) mass is 691 g/mol. The van der Waals surface area contributed by atoms with Crippen molar-refractivity contribution < 1.29 is 0 Å². The van der Waals surface area contributed by atoms with E-state index < -0.39 is 0 Å². The molecule has 0 amide bonds. The van der Waals surface area contributed by atoms with Crippen molar-refractivity contribution >= 4 is 74.9 Å². The first-order valence-electron chi connectivity index (χ1n) is 17.9. The molecule has 3 aromatic heterocycles. The zero-order valence-corrected chi connectivity index (χ0v) is 29.3. The van der Waals surface area contributed by atoms with Crippen molar-refractivity contribution in [1.29, 1.82) is 0 Å². The van der Waals surface area contributed by atoms with Gasteiger partial charge in [0.25, 0.3) is 0 Å². The predicted octanol–water partition coefficient (Wildman–Crippen LogP) is 13.5. The number of thiophene rings is 1. The van der Waals surface area contributed by atoms with Crippen LogP contribution in [0, 0.1) is 0 Å². The lowest BCUT2D eigenvalue weighted by atomic mass is 9.93. The molecular formula is C49H29N3S. The third kappa shape index (κ3) is 4.84. The number of rotatable bonds is 4. The number of nitrogens with zero attached hydrogens (tertiary/aromatic N) is 3. The maximum Gasteiger partial charge on any atom is 0.160 e. The summed E-state index contributed by atoms with van der Waals surface area (Å²) < 4.78 is 2.44. The van der Waals surface area contributed by atoms with Gasteiger partial charge in [0.05, 0.1) is 27.1 Å². The number of fused-ring (bicyclic) bond motifs is 9. The molecule has 53 heavy (non-hydrogen) atoms. The Balaban J connectivity index is 1.19. The highest BCUT2D eigenvalue weighted by Crippen LogP contribution is 2.45. The minimum Gasteiger partial charge on any atom is -0.246 e. The van der Waals surface area contributed by atoms with Gasteiger partial charge in [-0.2, -0.15) is 0 Å². The van der Waals surface area contributed by atoms with Gasteiger partial charge in [-0.3, -0.25) is 0 Å². The zero-order chi connectivity index (χ0) is 34.9. The van der Waals surface area contributed by atoms with E-state index in [4.69, 9.17) is 15.0 Å². The van der Waals surface area contributed by atoms with Gasteiger partial charge in [0.15, 0.2) is 5.82 Å². The fraction of sp³-hybridized carbons (Fsp3) is 0. The lowest BCUT2D eigenvalue weighted by molar-refractivity contribution is 1.19. The van der Waals surface area contributed by atoms with Crippen LogP contribution in [-0.4, -0.2) is 15.0 Å². The number of hydrogen-bond donors (Lipinski definition) is 0. The molecule has 0 aliphatic carbocycles. The quantitative estimate of drug-likeness (QED) is 0.172. The summed E-state index contributed by atoms with van der Waals surface area (Å²) in [4.78, 5) is 15.8. The molecule has 8 aromatic carbocycles. The highest BCUT2D eigenvalue weighted by Gasteiger charge is 2.20. The van der Waals surface area contributed by atoms with E-state index in [2.05, 4.69) is 158 Å². The van der Waals surface area contributed by atoms with Gasteiger partial charge in [0.1, 0.15) is 0 Å². The van der Waals surface area contributed by atoms with Crippen LogP contribution in [0.4, 0.5) is 0 Å². The third-order valence-electron chi connectivity index (χ3n) is 10.4. The van der Waals surface area contributed by atoms with Crippen molar-refractivity contribution in [3.05, 3.63) is 176 Å². The highest BCUT2D eigenvalue weighted by atomic mass is 32.1. The van der Waals surface area contributed by atoms with E-state index in [1.165, 1.54) is 58.1 Å². The van der Waals surface area contributed by atoms with E-state index in [1.807, 2.05) is 29.5 Å². The Morgan fingerprint density at radius 2 is 1.06 bits per heavy atom. The Kier molecular flexibility index (Phi) is 6.73. The molecule has 0 saturated carbocycles. The smallest absolute Gasteiger partial charge is 0.160 e. The Labute approximate surface area is 309 Å². The molecule has 0 unspecified atom stereocenters. The molecule has 0 fully saturated rings. The number of pyridine rings is 1. The van der Waals surface area contributed by atoms with Crippen molar-refractivity contribution in [2.45, 2.75) is 0 Å². The van der Waals surface area contributed by atoms with E-state index >= 15 is 0 Å². The van der Waals surface area contributed by atoms with Gasteiger partial charge in [-0.25, -0.2) is 15.0 Å². The second kappa shape index (κ2) is 11.9. The standard InChI is InChI=1S/C49H29N3S/c1-2-14-31(15-3-1)49-51-42(29-43(52-49)40-28-32-16-5-6-19-35(32)37-21-8-9-22-38(37)40)33-17-12-18-34(27-33)45-46-36-20-7-4-13-30(36)25-26-41(46)50-47-39-23-10-11-24-44(39)53-48(45)47/h1-29H. The van der Waals surface area contributed by atoms with Crippen LogP contribution in [0.2, 0.25) is 0 Å². The van der Waals surface area contributed by atoms with Crippen molar-refractivity contribution in [3.8, 4) is 45.0 Å². The molecule has 11 rings (SSSR count). The van der Waals surface area contributed by atoms with E-state index in [9.17, 15) is 0 Å². The Hall–Kier alpha value is -6.75. The normalized spacial score (nSPS) is 11.8. The van der Waals surface area contributed by atoms with Crippen molar-refractivity contribution in [2.75, 3.05) is 0 Å². The topological polar surface area (TPSA) is 38.7 Å². The van der Waals surface area contributed by atoms with E-state index in [0.717, 1.165) is 44.7 Å². The SMILES string of the molecule is c1ccc(-c2nc(-c3cccc(-c4c5sc6ccccc6c5nc5ccc6ccccc6c45)c3)cc(-c3cc4ccccc4c4ccccc34)n2)cc1. The number of hydrogen-bond acceptors (Lipinski definition) is 4. The molecule has 3 heterocycles. The van der Waals surface area contributed by atoms with Crippen LogP contribution in [0.15, 0.2) is 176 Å². The van der Waals surface area contributed by atoms with Crippen molar-refractivity contribution in [2.24, 2.45) is 0 Å². The Morgan fingerprint density at radius 1 is 0.396 bits per heavy atom. The van der Waals surface area contributed by atoms with Crippen LogP contribution in [0.3, 0.4) is 0 Å². The van der Waals surface area contributed by atoms with Gasteiger partial charge in [-0.05, 0) is 68.2 Å². The first-order valence-corrected chi connectivity index (χ1v) is 18.7. The molecule has 0 atom stereocenters. The van der Waals surface area contributed by atoms with Crippen LogP contribution in [0.5, 0.6) is 0 Å². The molecule has 0 saturated heterocycles. The molecule has 0 radical (unpaired) electrons. The Bertz CT molecular complexity index is 3240. The lowest BCUT2D eigenvalue weighted by Crippen LogP contribution is -1.97. The van der Waals surface area contributed by atoms with Crippen LogP contribution < -0.4 is 0 Å². The second-order valence-corrected chi connectivity index (χ2v) is 14.6. The van der Waals surface area contributed by atoms with Crippen LogP contribution in [-0.2, 0) is 0 Å². The minimum absolute atomic E-state index is 0.702. The largest absolute Gasteiger partial charge is 0.246 e. The van der Waals surface area contributed by atoms with Crippen molar-refractivity contribution in [3.63, 3.8) is 0 Å². The maximum atomic E-state index is 5.31. The lowest BCUT2D eigenvalue weighted by Gasteiger charge is -2.15. The number of aromatic nitrogens is 3. The van der Waals surface area contributed by atoms with Crippen LogP contribution in [0.1, 0.15) is 0 Å². The molecule has 0 N–H and O–H groups in total. The molecule has 246 valence electrons. The van der Waals surface area contributed by atoms with Gasteiger partial charge in [-0.1, -0.05) is 146 Å². The first kappa shape index (κ1) is 29.9. The first-order chi connectivity index (χ1) is 26.3. The van der Waals surface area contributed by atoms with E-state index in [1.54, 1.807) is 0 Å². The summed E-state index contributed by atoms with van der Waals surface area (Å²) in [6.45, 7) is 0. The summed E-state index contributed by atoms with van der Waals surface area (Å²) in [6.07, 6.45) is 0. The van der Waals surface area contributed by atoms with Crippen molar-refractivity contribution in [1.82, 2.24) is 15.0 Å². The average Bonchev–Trinajstić information content (AvgIpc) is 3.61. The molecule has 0 aliphatic heterocycles. The fourth-order valence-corrected chi connectivity index (χ4v) is 9.20. The third-order valence-corrected chi connectivity index (χ3v) is 11.6. The maximum absolute atomic E-state index is 5.31. The molecule has 0 aliphatic rings. The zero-order valence-electron chi connectivity index (χ0n) is 28.5. The van der Waals surface area contributed by atoms with Crippen LogP contribution >= 0.6 is 11.3 Å². The van der Waals surface area contributed by atoms with Gasteiger partial charge >= 0.3 is 0 Å². The van der Waals surface area contributed by atoms with E-state index in [0.29, 0.717) is 5.82 Å². The Morgan fingerprint density at radius 3 is 1.92 bits per heavy atom. The summed E-state index contributed by atoms with van der Waals surface area (Å²) in [5.41, 5.74) is 9.28. The van der Waals surface area contributed by atoms with Gasteiger partial charge < -0.3 is 0 Å². The molecule has 4 heteroatoms. The molecule has 0 spiro atoms. The summed E-state index contributed by atoms with van der Waals surface area (Å²) in [5, 5.41) is 9.59.